The van der Waals surface area contributed by atoms with Gasteiger partial charge < -0.3 is 14.4 Å². The molecule has 3 heterocycles. The Hall–Kier alpha value is -2.15. The molecule has 0 saturated carbocycles. The third-order valence-corrected chi connectivity index (χ3v) is 4.55. The van der Waals surface area contributed by atoms with Crippen molar-refractivity contribution in [2.45, 2.75) is 19.8 Å². The second-order valence-corrected chi connectivity index (χ2v) is 6.44. The van der Waals surface area contributed by atoms with E-state index < -0.39 is 11.9 Å². The zero-order valence-electron chi connectivity index (χ0n) is 12.1. The first-order valence-electron chi connectivity index (χ1n) is 7.07. The molecule has 2 aromatic rings. The summed E-state index contributed by atoms with van der Waals surface area (Å²) in [5, 5.41) is 11.9. The number of hydrogen-bond donors (Lipinski definition) is 1. The van der Waals surface area contributed by atoms with Crippen LogP contribution < -0.4 is 0 Å². The number of rotatable bonds is 3. The van der Waals surface area contributed by atoms with Gasteiger partial charge in [0.05, 0.1) is 16.5 Å². The van der Waals surface area contributed by atoms with Gasteiger partial charge in [0.2, 0.25) is 0 Å². The van der Waals surface area contributed by atoms with Crippen LogP contribution in [0.4, 0.5) is 0 Å². The molecule has 0 unspecified atom stereocenters. The highest BCUT2D eigenvalue weighted by Gasteiger charge is 2.29. The summed E-state index contributed by atoms with van der Waals surface area (Å²) in [5.74, 6) is -0.957. The topological polar surface area (TPSA) is 83.6 Å². The van der Waals surface area contributed by atoms with Crippen LogP contribution in [0.15, 0.2) is 22.1 Å². The van der Waals surface area contributed by atoms with Crippen molar-refractivity contribution in [1.29, 1.82) is 0 Å². The predicted molar refractivity (Wildman–Crippen MR) is 80.8 cm³/mol. The Kier molecular flexibility index (Phi) is 3.98. The van der Waals surface area contributed by atoms with Crippen molar-refractivity contribution in [2.75, 3.05) is 13.1 Å². The smallest absolute Gasteiger partial charge is 0.308 e. The minimum atomic E-state index is -0.844. The number of carboxylic acid groups (broad SMARTS) is 1. The van der Waals surface area contributed by atoms with Crippen molar-refractivity contribution in [3.63, 3.8) is 0 Å². The molecule has 1 aliphatic rings. The van der Waals surface area contributed by atoms with Crippen molar-refractivity contribution in [1.82, 2.24) is 9.88 Å². The van der Waals surface area contributed by atoms with Crippen LogP contribution in [0.3, 0.4) is 0 Å². The zero-order valence-corrected chi connectivity index (χ0v) is 12.9. The van der Waals surface area contributed by atoms with E-state index in [1.165, 1.54) is 17.6 Å². The number of thiazole rings is 1. The quantitative estimate of drug-likeness (QED) is 0.940. The van der Waals surface area contributed by atoms with Gasteiger partial charge >= 0.3 is 5.97 Å². The number of carboxylic acids is 1. The molecule has 0 aromatic carbocycles. The average Bonchev–Trinajstić information content (AvgIpc) is 3.15. The van der Waals surface area contributed by atoms with E-state index in [1.54, 1.807) is 11.0 Å². The second-order valence-electron chi connectivity index (χ2n) is 5.38. The molecule has 1 fully saturated rings. The van der Waals surface area contributed by atoms with E-state index in [0.29, 0.717) is 36.4 Å². The van der Waals surface area contributed by atoms with Crippen LogP contribution in [0.2, 0.25) is 0 Å². The molecule has 2 aromatic heterocycles. The Morgan fingerprint density at radius 2 is 2.32 bits per heavy atom. The Morgan fingerprint density at radius 1 is 1.50 bits per heavy atom. The lowest BCUT2D eigenvalue weighted by atomic mass is 9.98. The second kappa shape index (κ2) is 5.92. The molecule has 0 spiro atoms. The molecule has 7 heteroatoms. The summed E-state index contributed by atoms with van der Waals surface area (Å²) in [6, 6.07) is 1.67. The molecular formula is C15H16N2O4S. The van der Waals surface area contributed by atoms with Gasteiger partial charge in [-0.3, -0.25) is 9.59 Å². The highest BCUT2D eigenvalue weighted by Crippen LogP contribution is 2.25. The highest BCUT2D eigenvalue weighted by atomic mass is 32.1. The molecule has 0 bridgehead atoms. The number of hydrogen-bond acceptors (Lipinski definition) is 5. The molecule has 1 amide bonds. The normalized spacial score (nSPS) is 18.4. The van der Waals surface area contributed by atoms with Gasteiger partial charge in [-0.2, -0.15) is 0 Å². The number of aliphatic carboxylic acids is 1. The summed E-state index contributed by atoms with van der Waals surface area (Å²) in [7, 11) is 0. The van der Waals surface area contributed by atoms with Crippen molar-refractivity contribution in [3.8, 4) is 11.5 Å². The SMILES string of the molecule is Cc1nc(-c2cc(C(=O)N3CCC[C@H](C(=O)O)C3)co2)cs1. The number of carbonyl (C=O) groups excluding carboxylic acids is 1. The molecule has 1 N–H and O–H groups in total. The number of aryl methyl sites for hydroxylation is 1. The summed E-state index contributed by atoms with van der Waals surface area (Å²) in [4.78, 5) is 29.5. The van der Waals surface area contributed by atoms with Crippen molar-refractivity contribution < 1.29 is 19.1 Å². The number of amides is 1. The highest BCUT2D eigenvalue weighted by molar-refractivity contribution is 7.09. The maximum Gasteiger partial charge on any atom is 0.308 e. The van der Waals surface area contributed by atoms with Crippen LogP contribution in [0.5, 0.6) is 0 Å². The minimum absolute atomic E-state index is 0.187. The van der Waals surface area contributed by atoms with Gasteiger partial charge in [-0.1, -0.05) is 0 Å². The van der Waals surface area contributed by atoms with E-state index in [1.807, 2.05) is 12.3 Å². The largest absolute Gasteiger partial charge is 0.481 e. The van der Waals surface area contributed by atoms with Crippen LogP contribution >= 0.6 is 11.3 Å². The summed E-state index contributed by atoms with van der Waals surface area (Å²) in [6.45, 7) is 2.74. The van der Waals surface area contributed by atoms with Gasteiger partial charge in [0.25, 0.3) is 5.91 Å². The van der Waals surface area contributed by atoms with Gasteiger partial charge in [-0.05, 0) is 25.8 Å². The zero-order chi connectivity index (χ0) is 15.7. The lowest BCUT2D eigenvalue weighted by Gasteiger charge is -2.30. The first-order valence-corrected chi connectivity index (χ1v) is 7.95. The van der Waals surface area contributed by atoms with E-state index in [2.05, 4.69) is 4.98 Å². The molecule has 22 heavy (non-hydrogen) atoms. The Labute approximate surface area is 131 Å². The van der Waals surface area contributed by atoms with Gasteiger partial charge in [-0.25, -0.2) is 4.98 Å². The monoisotopic (exact) mass is 320 g/mol. The molecule has 1 atom stereocenters. The van der Waals surface area contributed by atoms with E-state index >= 15 is 0 Å². The number of aromatic nitrogens is 1. The number of nitrogens with zero attached hydrogens (tertiary/aromatic N) is 2. The van der Waals surface area contributed by atoms with Crippen LogP contribution in [-0.4, -0.2) is 40.0 Å². The third-order valence-electron chi connectivity index (χ3n) is 3.78. The van der Waals surface area contributed by atoms with Crippen molar-refractivity contribution >= 4 is 23.2 Å². The molecule has 0 radical (unpaired) electrons. The first kappa shape index (κ1) is 14.8. The fourth-order valence-electron chi connectivity index (χ4n) is 2.61. The molecule has 1 aliphatic heterocycles. The van der Waals surface area contributed by atoms with E-state index in [9.17, 15) is 9.59 Å². The summed E-state index contributed by atoms with van der Waals surface area (Å²) < 4.78 is 5.43. The van der Waals surface area contributed by atoms with Crippen LogP contribution in [0.25, 0.3) is 11.5 Å². The first-order chi connectivity index (χ1) is 10.5. The number of furan rings is 1. The fraction of sp³-hybridized carbons (Fsp3) is 0.400. The lowest BCUT2D eigenvalue weighted by Crippen LogP contribution is -2.42. The maximum atomic E-state index is 12.5. The van der Waals surface area contributed by atoms with E-state index in [-0.39, 0.29) is 12.5 Å². The van der Waals surface area contributed by atoms with Crippen LogP contribution in [0.1, 0.15) is 28.2 Å². The van der Waals surface area contributed by atoms with Gasteiger partial charge in [-0.15, -0.1) is 11.3 Å². The summed E-state index contributed by atoms with van der Waals surface area (Å²) >= 11 is 1.52. The van der Waals surface area contributed by atoms with Gasteiger partial charge in [0.1, 0.15) is 12.0 Å². The van der Waals surface area contributed by atoms with Crippen molar-refractivity contribution in [2.24, 2.45) is 5.92 Å². The van der Waals surface area contributed by atoms with Gasteiger partial charge in [0.15, 0.2) is 5.76 Å². The summed E-state index contributed by atoms with van der Waals surface area (Å²) in [6.07, 6.45) is 2.74. The van der Waals surface area contributed by atoms with Crippen LogP contribution in [-0.2, 0) is 4.79 Å². The molecule has 6 nitrogen and oxygen atoms in total. The predicted octanol–water partition coefficient (Wildman–Crippen LogP) is 2.65. The maximum absolute atomic E-state index is 12.5. The molecular weight excluding hydrogens is 304 g/mol. The standard InChI is InChI=1S/C15H16N2O4S/c1-9-16-12(8-22-9)13-5-11(7-21-13)14(18)17-4-2-3-10(6-17)15(19)20/h5,7-8,10H,2-4,6H2,1H3,(H,19,20)/t10-/m0/s1. The van der Waals surface area contributed by atoms with E-state index in [0.717, 1.165) is 5.01 Å². The van der Waals surface area contributed by atoms with Crippen molar-refractivity contribution in [3.05, 3.63) is 28.3 Å². The number of likely N-dealkylation sites (tertiary alicyclic amines) is 1. The minimum Gasteiger partial charge on any atom is -0.481 e. The van der Waals surface area contributed by atoms with E-state index in [4.69, 9.17) is 9.52 Å². The Morgan fingerprint density at radius 3 is 3.00 bits per heavy atom. The lowest BCUT2D eigenvalue weighted by molar-refractivity contribution is -0.143. The molecule has 1 saturated heterocycles. The fourth-order valence-corrected chi connectivity index (χ4v) is 3.21. The summed E-state index contributed by atoms with van der Waals surface area (Å²) in [5.41, 5.74) is 1.15. The molecule has 0 aliphatic carbocycles. The molecule has 116 valence electrons. The Bertz CT molecular complexity index is 706. The van der Waals surface area contributed by atoms with Gasteiger partial charge in [0, 0.05) is 18.5 Å². The average molecular weight is 320 g/mol. The van der Waals surface area contributed by atoms with Crippen LogP contribution in [0, 0.1) is 12.8 Å². The molecule has 3 rings (SSSR count). The Balaban J connectivity index is 1.75. The number of piperidine rings is 1. The number of carbonyl (C=O) groups is 2. The third kappa shape index (κ3) is 2.89.